The van der Waals surface area contributed by atoms with Gasteiger partial charge in [0.2, 0.25) is 0 Å². The van der Waals surface area contributed by atoms with Crippen LogP contribution in [0.3, 0.4) is 0 Å². The molecule has 27 heavy (non-hydrogen) atoms. The van der Waals surface area contributed by atoms with Gasteiger partial charge in [-0.3, -0.25) is 10.1 Å². The highest BCUT2D eigenvalue weighted by Gasteiger charge is 2.34. The summed E-state index contributed by atoms with van der Waals surface area (Å²) in [6.07, 6.45) is -4.62. The zero-order valence-corrected chi connectivity index (χ0v) is 16.4. The molecule has 2 aromatic carbocycles. The van der Waals surface area contributed by atoms with Crippen molar-refractivity contribution in [3.05, 3.63) is 64.2 Å². The zero-order valence-electron chi connectivity index (χ0n) is 14.9. The number of nitrogens with one attached hydrogen (secondary N) is 2. The van der Waals surface area contributed by atoms with Crippen LogP contribution in [0.4, 0.5) is 18.9 Å². The van der Waals surface area contributed by atoms with Gasteiger partial charge in [-0.2, -0.15) is 13.2 Å². The third-order valence-electron chi connectivity index (χ3n) is 3.78. The molecule has 0 aliphatic rings. The monoisotopic (exact) mass is 414 g/mol. The maximum Gasteiger partial charge on any atom is 0.418 e. The fourth-order valence-corrected chi connectivity index (χ4v) is 2.69. The lowest BCUT2D eigenvalue weighted by atomic mass is 9.87. The van der Waals surface area contributed by atoms with E-state index in [0.717, 1.165) is 17.7 Å². The van der Waals surface area contributed by atoms with E-state index in [1.165, 1.54) is 6.07 Å². The molecule has 0 bridgehead atoms. The predicted molar refractivity (Wildman–Crippen MR) is 105 cm³/mol. The van der Waals surface area contributed by atoms with Crippen molar-refractivity contribution in [2.75, 3.05) is 5.32 Å². The van der Waals surface area contributed by atoms with Crippen molar-refractivity contribution in [1.29, 1.82) is 0 Å². The Hall–Kier alpha value is -2.12. The van der Waals surface area contributed by atoms with Crippen molar-refractivity contribution >= 4 is 40.5 Å². The average Bonchev–Trinajstić information content (AvgIpc) is 2.54. The lowest BCUT2D eigenvalue weighted by molar-refractivity contribution is -0.136. The molecule has 0 aromatic heterocycles. The number of hydrogen-bond donors (Lipinski definition) is 2. The van der Waals surface area contributed by atoms with Crippen molar-refractivity contribution in [3.63, 3.8) is 0 Å². The molecule has 0 aliphatic carbocycles. The number of carbonyl (C=O) groups is 1. The lowest BCUT2D eigenvalue weighted by Crippen LogP contribution is -2.34. The Morgan fingerprint density at radius 3 is 2.15 bits per heavy atom. The Kier molecular flexibility index (Phi) is 6.17. The van der Waals surface area contributed by atoms with Gasteiger partial charge in [-0.1, -0.05) is 44.5 Å². The van der Waals surface area contributed by atoms with Crippen LogP contribution in [0.2, 0.25) is 5.02 Å². The van der Waals surface area contributed by atoms with E-state index in [1.807, 2.05) is 32.9 Å². The highest BCUT2D eigenvalue weighted by Crippen LogP contribution is 2.36. The summed E-state index contributed by atoms with van der Waals surface area (Å²) >= 11 is 10.6. The molecule has 1 amide bonds. The molecule has 144 valence electrons. The minimum Gasteiger partial charge on any atom is -0.332 e. The van der Waals surface area contributed by atoms with Crippen LogP contribution in [-0.4, -0.2) is 11.0 Å². The summed E-state index contributed by atoms with van der Waals surface area (Å²) < 4.78 is 39.3. The Bertz CT molecular complexity index is 859. The first-order valence-electron chi connectivity index (χ1n) is 7.97. The smallest absolute Gasteiger partial charge is 0.332 e. The number of alkyl halides is 3. The van der Waals surface area contributed by atoms with Crippen molar-refractivity contribution in [3.8, 4) is 0 Å². The third kappa shape index (κ3) is 5.68. The van der Waals surface area contributed by atoms with E-state index < -0.39 is 17.6 Å². The van der Waals surface area contributed by atoms with E-state index in [-0.39, 0.29) is 21.2 Å². The maximum absolute atomic E-state index is 13.1. The molecule has 0 aliphatic heterocycles. The van der Waals surface area contributed by atoms with E-state index in [1.54, 1.807) is 12.1 Å². The number of carbonyl (C=O) groups excluding carboxylic acids is 1. The lowest BCUT2D eigenvalue weighted by Gasteiger charge is -2.19. The number of anilines is 1. The molecular weight excluding hydrogens is 397 g/mol. The van der Waals surface area contributed by atoms with Crippen LogP contribution in [0.15, 0.2) is 42.5 Å². The number of thiocarbonyl (C=S) groups is 1. The first-order valence-corrected chi connectivity index (χ1v) is 8.76. The number of benzene rings is 2. The van der Waals surface area contributed by atoms with Gasteiger partial charge in [-0.15, -0.1) is 0 Å². The van der Waals surface area contributed by atoms with Gasteiger partial charge in [-0.05, 0) is 53.5 Å². The molecule has 0 atom stereocenters. The summed E-state index contributed by atoms with van der Waals surface area (Å²) in [6.45, 7) is 6.14. The van der Waals surface area contributed by atoms with Crippen LogP contribution >= 0.6 is 23.8 Å². The molecule has 0 spiro atoms. The predicted octanol–water partition coefficient (Wildman–Crippen LogP) is 5.78. The highest BCUT2D eigenvalue weighted by atomic mass is 35.5. The van der Waals surface area contributed by atoms with E-state index in [9.17, 15) is 18.0 Å². The van der Waals surface area contributed by atoms with Crippen molar-refractivity contribution < 1.29 is 18.0 Å². The van der Waals surface area contributed by atoms with Gasteiger partial charge in [0.1, 0.15) is 0 Å². The second-order valence-corrected chi connectivity index (χ2v) is 7.77. The van der Waals surface area contributed by atoms with Crippen molar-refractivity contribution in [2.45, 2.75) is 32.4 Å². The Balaban J connectivity index is 2.11. The van der Waals surface area contributed by atoms with Gasteiger partial charge in [0, 0.05) is 10.6 Å². The van der Waals surface area contributed by atoms with Crippen LogP contribution < -0.4 is 10.6 Å². The van der Waals surface area contributed by atoms with Gasteiger partial charge in [-0.25, -0.2) is 0 Å². The largest absolute Gasteiger partial charge is 0.418 e. The van der Waals surface area contributed by atoms with Crippen LogP contribution in [0.5, 0.6) is 0 Å². The Labute approximate surface area is 165 Å². The SMILES string of the molecule is CC(C)(C)c1ccc(C(=O)NC(=S)Nc2ccc(Cl)cc2C(F)(F)F)cc1. The van der Waals surface area contributed by atoms with Crippen LogP contribution in [0, 0.1) is 0 Å². The second-order valence-electron chi connectivity index (χ2n) is 6.92. The van der Waals surface area contributed by atoms with Gasteiger partial charge < -0.3 is 5.32 Å². The molecule has 8 heteroatoms. The highest BCUT2D eigenvalue weighted by molar-refractivity contribution is 7.80. The molecule has 0 saturated carbocycles. The minimum atomic E-state index is -4.62. The summed E-state index contributed by atoms with van der Waals surface area (Å²) in [5, 5.41) is 4.48. The third-order valence-corrected chi connectivity index (χ3v) is 4.21. The number of amides is 1. The topological polar surface area (TPSA) is 41.1 Å². The van der Waals surface area contributed by atoms with Gasteiger partial charge >= 0.3 is 6.18 Å². The fraction of sp³-hybridized carbons (Fsp3) is 0.263. The van der Waals surface area contributed by atoms with E-state index in [0.29, 0.717) is 5.56 Å². The summed E-state index contributed by atoms with van der Waals surface area (Å²) in [5.74, 6) is -0.518. The summed E-state index contributed by atoms with van der Waals surface area (Å²) in [7, 11) is 0. The molecule has 3 nitrogen and oxygen atoms in total. The first kappa shape index (κ1) is 21.2. The molecule has 0 radical (unpaired) electrons. The maximum atomic E-state index is 13.1. The van der Waals surface area contributed by atoms with E-state index in [4.69, 9.17) is 23.8 Å². The van der Waals surface area contributed by atoms with Crippen LogP contribution in [0.25, 0.3) is 0 Å². The molecule has 0 unspecified atom stereocenters. The Morgan fingerprint density at radius 2 is 1.63 bits per heavy atom. The fourth-order valence-electron chi connectivity index (χ4n) is 2.31. The first-order chi connectivity index (χ1) is 12.4. The molecule has 2 aromatic rings. The minimum absolute atomic E-state index is 0.0539. The molecule has 0 heterocycles. The summed E-state index contributed by atoms with van der Waals surface area (Å²) in [5.41, 5.74) is 0.0745. The van der Waals surface area contributed by atoms with E-state index in [2.05, 4.69) is 10.6 Å². The van der Waals surface area contributed by atoms with Gasteiger partial charge in [0.05, 0.1) is 11.3 Å². The molecule has 2 rings (SSSR count). The standard InChI is InChI=1S/C19H18ClF3N2OS/c1-18(2,3)12-6-4-11(5-7-12)16(26)25-17(27)24-15-9-8-13(20)10-14(15)19(21,22)23/h4-10H,1-3H3,(H2,24,25,26,27). The second kappa shape index (κ2) is 7.86. The number of halogens is 4. The van der Waals surface area contributed by atoms with E-state index >= 15 is 0 Å². The summed E-state index contributed by atoms with van der Waals surface area (Å²) in [6, 6.07) is 10.2. The van der Waals surface area contributed by atoms with Crippen molar-refractivity contribution in [1.82, 2.24) is 5.32 Å². The average molecular weight is 415 g/mol. The van der Waals surface area contributed by atoms with Gasteiger partial charge in [0.15, 0.2) is 5.11 Å². The normalized spacial score (nSPS) is 11.8. The molecule has 2 N–H and O–H groups in total. The number of rotatable bonds is 2. The van der Waals surface area contributed by atoms with Crippen LogP contribution in [-0.2, 0) is 11.6 Å². The van der Waals surface area contributed by atoms with Crippen molar-refractivity contribution in [2.24, 2.45) is 0 Å². The van der Waals surface area contributed by atoms with Gasteiger partial charge in [0.25, 0.3) is 5.91 Å². The zero-order chi connectivity index (χ0) is 20.4. The molecule has 0 fully saturated rings. The van der Waals surface area contributed by atoms with Crippen LogP contribution in [0.1, 0.15) is 42.3 Å². The molecule has 0 saturated heterocycles. The summed E-state index contributed by atoms with van der Waals surface area (Å²) in [4.78, 5) is 12.3. The Morgan fingerprint density at radius 1 is 1.04 bits per heavy atom. The number of hydrogen-bond acceptors (Lipinski definition) is 2. The quantitative estimate of drug-likeness (QED) is 0.612. The molecular formula is C19H18ClF3N2OS.